The van der Waals surface area contributed by atoms with Crippen molar-refractivity contribution >= 4 is 23.3 Å². The molecule has 3 aromatic rings. The molecule has 3 rings (SSSR count). The standard InChI is InChI=1S/C23H24N2O3S/c1-17-25-20(16-29-17)15-28-22-5-3-4-19(14-22)8-11-23(26)24-13-12-18-6-9-21(27-2)10-7-18/h3-11,14,16H,12-13,15H2,1-2H3,(H,24,26)/b11-8-. The Labute approximate surface area is 175 Å². The van der Waals surface area contributed by atoms with Crippen LogP contribution in [0.15, 0.2) is 60.0 Å². The summed E-state index contributed by atoms with van der Waals surface area (Å²) in [5, 5.41) is 5.92. The summed E-state index contributed by atoms with van der Waals surface area (Å²) in [5.74, 6) is 1.45. The highest BCUT2D eigenvalue weighted by Crippen LogP contribution is 2.17. The number of ether oxygens (including phenoxy) is 2. The lowest BCUT2D eigenvalue weighted by molar-refractivity contribution is -0.116. The van der Waals surface area contributed by atoms with Gasteiger partial charge in [0.05, 0.1) is 17.8 Å². The Kier molecular flexibility index (Phi) is 7.41. The molecule has 0 atom stereocenters. The van der Waals surface area contributed by atoms with Crippen LogP contribution in [0.5, 0.6) is 11.5 Å². The molecule has 0 aliphatic heterocycles. The van der Waals surface area contributed by atoms with E-state index in [1.54, 1.807) is 24.5 Å². The van der Waals surface area contributed by atoms with Crippen molar-refractivity contribution in [3.05, 3.63) is 81.8 Å². The van der Waals surface area contributed by atoms with Gasteiger partial charge >= 0.3 is 0 Å². The van der Waals surface area contributed by atoms with Gasteiger partial charge in [0.15, 0.2) is 0 Å². The number of benzene rings is 2. The molecule has 0 aliphatic rings. The van der Waals surface area contributed by atoms with Crippen molar-refractivity contribution in [3.63, 3.8) is 0 Å². The minimum atomic E-state index is -0.122. The Bertz CT molecular complexity index is 964. The lowest BCUT2D eigenvalue weighted by atomic mass is 10.1. The van der Waals surface area contributed by atoms with Crippen LogP contribution in [0.3, 0.4) is 0 Å². The summed E-state index contributed by atoms with van der Waals surface area (Å²) < 4.78 is 10.9. The smallest absolute Gasteiger partial charge is 0.244 e. The molecule has 0 saturated carbocycles. The van der Waals surface area contributed by atoms with Gasteiger partial charge in [-0.3, -0.25) is 4.79 Å². The molecule has 2 aromatic carbocycles. The second kappa shape index (κ2) is 10.4. The highest BCUT2D eigenvalue weighted by atomic mass is 32.1. The summed E-state index contributed by atoms with van der Waals surface area (Å²) in [7, 11) is 1.64. The number of amides is 1. The summed E-state index contributed by atoms with van der Waals surface area (Å²) >= 11 is 1.61. The maximum atomic E-state index is 12.0. The number of aromatic nitrogens is 1. The maximum absolute atomic E-state index is 12.0. The van der Waals surface area contributed by atoms with Gasteiger partial charge in [0.1, 0.15) is 18.1 Å². The van der Waals surface area contributed by atoms with Crippen LogP contribution in [0.1, 0.15) is 21.8 Å². The monoisotopic (exact) mass is 408 g/mol. The first-order chi connectivity index (χ1) is 14.1. The zero-order chi connectivity index (χ0) is 20.5. The van der Waals surface area contributed by atoms with Gasteiger partial charge in [-0.05, 0) is 54.8 Å². The zero-order valence-electron chi connectivity index (χ0n) is 16.6. The highest BCUT2D eigenvalue weighted by molar-refractivity contribution is 7.09. The summed E-state index contributed by atoms with van der Waals surface area (Å²) in [6.45, 7) is 2.98. The van der Waals surface area contributed by atoms with Crippen molar-refractivity contribution in [2.24, 2.45) is 0 Å². The van der Waals surface area contributed by atoms with E-state index in [-0.39, 0.29) is 5.91 Å². The summed E-state index contributed by atoms with van der Waals surface area (Å²) in [4.78, 5) is 16.4. The van der Waals surface area contributed by atoms with E-state index in [0.29, 0.717) is 13.2 Å². The van der Waals surface area contributed by atoms with E-state index >= 15 is 0 Å². The number of rotatable bonds is 9. The van der Waals surface area contributed by atoms with Gasteiger partial charge in [0.25, 0.3) is 0 Å². The molecule has 0 radical (unpaired) electrons. The summed E-state index contributed by atoms with van der Waals surface area (Å²) in [6.07, 6.45) is 4.09. The Morgan fingerprint density at radius 1 is 1.17 bits per heavy atom. The Balaban J connectivity index is 1.45. The second-order valence-electron chi connectivity index (χ2n) is 6.44. The number of carbonyl (C=O) groups is 1. The zero-order valence-corrected chi connectivity index (χ0v) is 17.4. The van der Waals surface area contributed by atoms with Crippen LogP contribution in [0, 0.1) is 6.92 Å². The lowest BCUT2D eigenvalue weighted by Gasteiger charge is -2.05. The van der Waals surface area contributed by atoms with Gasteiger partial charge in [-0.2, -0.15) is 0 Å². The average molecular weight is 409 g/mol. The van der Waals surface area contributed by atoms with Gasteiger partial charge in [-0.25, -0.2) is 4.98 Å². The van der Waals surface area contributed by atoms with Crippen molar-refractivity contribution in [2.45, 2.75) is 20.0 Å². The van der Waals surface area contributed by atoms with E-state index in [2.05, 4.69) is 10.3 Å². The van der Waals surface area contributed by atoms with E-state index in [4.69, 9.17) is 9.47 Å². The molecule has 1 aromatic heterocycles. The predicted octanol–water partition coefficient (Wildman–Crippen LogP) is 4.41. The topological polar surface area (TPSA) is 60.5 Å². The summed E-state index contributed by atoms with van der Waals surface area (Å²) in [6, 6.07) is 15.5. The van der Waals surface area contributed by atoms with Crippen LogP contribution in [-0.2, 0) is 17.8 Å². The van der Waals surface area contributed by atoms with Crippen LogP contribution >= 0.6 is 11.3 Å². The molecule has 0 aliphatic carbocycles. The molecule has 0 saturated heterocycles. The fourth-order valence-electron chi connectivity index (χ4n) is 2.69. The minimum absolute atomic E-state index is 0.122. The number of aryl methyl sites for hydroxylation is 1. The van der Waals surface area contributed by atoms with E-state index in [1.165, 1.54) is 6.08 Å². The number of thiazole rings is 1. The van der Waals surface area contributed by atoms with Gasteiger partial charge < -0.3 is 14.8 Å². The lowest BCUT2D eigenvalue weighted by Crippen LogP contribution is -2.23. The van der Waals surface area contributed by atoms with E-state index < -0.39 is 0 Å². The Hall–Kier alpha value is -3.12. The third-order valence-electron chi connectivity index (χ3n) is 4.21. The number of nitrogens with one attached hydrogen (secondary N) is 1. The van der Waals surface area contributed by atoms with Crippen molar-refractivity contribution in [3.8, 4) is 11.5 Å². The molecule has 6 heteroatoms. The molecular formula is C23H24N2O3S. The summed E-state index contributed by atoms with van der Waals surface area (Å²) in [5.41, 5.74) is 2.97. The predicted molar refractivity (Wildman–Crippen MR) is 116 cm³/mol. The third-order valence-corrected chi connectivity index (χ3v) is 5.03. The van der Waals surface area contributed by atoms with Gasteiger partial charge in [-0.1, -0.05) is 24.3 Å². The van der Waals surface area contributed by atoms with Crippen LogP contribution in [0.4, 0.5) is 0 Å². The Morgan fingerprint density at radius 3 is 2.72 bits per heavy atom. The number of carbonyl (C=O) groups excluding carboxylic acids is 1. The number of hydrogen-bond acceptors (Lipinski definition) is 5. The minimum Gasteiger partial charge on any atom is -0.497 e. The van der Waals surface area contributed by atoms with Gasteiger partial charge in [0.2, 0.25) is 5.91 Å². The largest absolute Gasteiger partial charge is 0.497 e. The van der Waals surface area contributed by atoms with Crippen LogP contribution in [-0.4, -0.2) is 24.5 Å². The Morgan fingerprint density at radius 2 is 2.00 bits per heavy atom. The van der Waals surface area contributed by atoms with Crippen LogP contribution in [0.25, 0.3) is 6.08 Å². The van der Waals surface area contributed by atoms with Crippen molar-refractivity contribution in [1.82, 2.24) is 10.3 Å². The molecule has 1 heterocycles. The first kappa shape index (κ1) is 20.6. The molecule has 1 N–H and O–H groups in total. The highest BCUT2D eigenvalue weighted by Gasteiger charge is 2.01. The third kappa shape index (κ3) is 6.76. The molecule has 150 valence electrons. The normalized spacial score (nSPS) is 10.8. The maximum Gasteiger partial charge on any atom is 0.244 e. The molecule has 0 unspecified atom stereocenters. The van der Waals surface area contributed by atoms with Gasteiger partial charge in [0, 0.05) is 18.0 Å². The van der Waals surface area contributed by atoms with Crippen LogP contribution in [0.2, 0.25) is 0 Å². The molecule has 0 fully saturated rings. The number of hydrogen-bond donors (Lipinski definition) is 1. The fraction of sp³-hybridized carbons (Fsp3) is 0.217. The molecule has 0 bridgehead atoms. The fourth-order valence-corrected chi connectivity index (χ4v) is 3.29. The first-order valence-corrected chi connectivity index (χ1v) is 10.2. The van der Waals surface area contributed by atoms with Gasteiger partial charge in [-0.15, -0.1) is 11.3 Å². The van der Waals surface area contributed by atoms with E-state index in [9.17, 15) is 4.79 Å². The van der Waals surface area contributed by atoms with Crippen LogP contribution < -0.4 is 14.8 Å². The van der Waals surface area contributed by atoms with E-state index in [1.807, 2.05) is 60.8 Å². The number of nitrogens with zero attached hydrogens (tertiary/aromatic N) is 1. The molecular weight excluding hydrogens is 384 g/mol. The van der Waals surface area contributed by atoms with Crippen molar-refractivity contribution in [2.75, 3.05) is 13.7 Å². The van der Waals surface area contributed by atoms with E-state index in [0.717, 1.165) is 39.7 Å². The van der Waals surface area contributed by atoms with Crippen molar-refractivity contribution in [1.29, 1.82) is 0 Å². The quantitative estimate of drug-likeness (QED) is 0.533. The SMILES string of the molecule is COc1ccc(CCNC(=O)/C=C\c2cccc(OCc3csc(C)n3)c2)cc1. The molecule has 1 amide bonds. The average Bonchev–Trinajstić information content (AvgIpc) is 3.17. The first-order valence-electron chi connectivity index (χ1n) is 9.35. The number of methoxy groups -OCH3 is 1. The molecule has 29 heavy (non-hydrogen) atoms. The molecule has 5 nitrogen and oxygen atoms in total. The van der Waals surface area contributed by atoms with Crippen molar-refractivity contribution < 1.29 is 14.3 Å². The second-order valence-corrected chi connectivity index (χ2v) is 7.50. The molecule has 0 spiro atoms.